The van der Waals surface area contributed by atoms with Crippen molar-refractivity contribution in [2.45, 2.75) is 151 Å². The molecule has 396 valence electrons. The normalized spacial score (nSPS) is 28.8. The molecule has 75 heavy (non-hydrogen) atoms. The fourth-order valence-electron chi connectivity index (χ4n) is 14.2. The van der Waals surface area contributed by atoms with Crippen LogP contribution in [0.25, 0.3) is 21.9 Å². The van der Waals surface area contributed by atoms with Crippen molar-refractivity contribution in [1.29, 1.82) is 0 Å². The molecule has 5 aromatic carbocycles. The summed E-state index contributed by atoms with van der Waals surface area (Å²) < 4.78 is 41.5. The lowest BCUT2D eigenvalue weighted by Gasteiger charge is -2.58. The summed E-state index contributed by atoms with van der Waals surface area (Å²) in [6.07, 6.45) is 8.88. The zero-order chi connectivity index (χ0) is 51.4. The number of nitrogens with one attached hydrogen (secondary N) is 2. The van der Waals surface area contributed by atoms with E-state index < -0.39 is 47.9 Å². The molecule has 7 aliphatic rings. The van der Waals surface area contributed by atoms with Gasteiger partial charge in [0.1, 0.15) is 53.0 Å². The van der Waals surface area contributed by atoms with E-state index >= 15 is 0 Å². The fraction of sp³-hybridized carbons (Fsp3) is 0.516. The fourth-order valence-corrected chi connectivity index (χ4v) is 14.2. The molecule has 4 heterocycles. The molecule has 5 aromatic rings. The molecule has 0 aromatic heterocycles. The van der Waals surface area contributed by atoms with E-state index in [1.54, 1.807) is 31.4 Å². The molecule has 3 aliphatic carbocycles. The van der Waals surface area contributed by atoms with E-state index in [4.69, 9.17) is 28.4 Å². The first-order valence-electron chi connectivity index (χ1n) is 27.7. The number of aliphatic hydroxyl groups is 2. The number of benzene rings is 5. The van der Waals surface area contributed by atoms with Gasteiger partial charge in [0, 0.05) is 72.4 Å². The van der Waals surface area contributed by atoms with Crippen molar-refractivity contribution in [3.8, 4) is 63.2 Å². The van der Waals surface area contributed by atoms with Crippen LogP contribution in [0, 0.1) is 29.6 Å². The van der Waals surface area contributed by atoms with Crippen molar-refractivity contribution in [1.82, 2.24) is 10.6 Å². The van der Waals surface area contributed by atoms with Crippen LogP contribution in [0.3, 0.4) is 0 Å². The minimum Gasteiger partial charge on any atom is -0.508 e. The minimum absolute atomic E-state index is 0.0360. The van der Waals surface area contributed by atoms with Gasteiger partial charge in [0.15, 0.2) is 0 Å². The van der Waals surface area contributed by atoms with Crippen molar-refractivity contribution >= 4 is 10.8 Å². The van der Waals surface area contributed by atoms with Gasteiger partial charge < -0.3 is 54.0 Å². The van der Waals surface area contributed by atoms with Crippen molar-refractivity contribution in [3.05, 3.63) is 101 Å². The Kier molecular flexibility index (Phi) is 13.8. The Morgan fingerprint density at radius 3 is 2.47 bits per heavy atom. The minimum atomic E-state index is -1.07. The number of phenols is 3. The molecule has 0 radical (unpaired) electrons. The molecule has 12 rings (SSSR count). The second-order valence-electron chi connectivity index (χ2n) is 22.5. The molecule has 4 fully saturated rings. The van der Waals surface area contributed by atoms with Gasteiger partial charge >= 0.3 is 0 Å². The second kappa shape index (κ2) is 20.7. The summed E-state index contributed by atoms with van der Waals surface area (Å²) in [7, 11) is 1.70. The average molecular weight is 1020 g/mol. The summed E-state index contributed by atoms with van der Waals surface area (Å²) in [5.74, 6) is 8.64. The Morgan fingerprint density at radius 2 is 1.65 bits per heavy atom. The van der Waals surface area contributed by atoms with Gasteiger partial charge in [-0.1, -0.05) is 43.7 Å². The molecule has 2 spiro atoms. The van der Waals surface area contributed by atoms with Gasteiger partial charge in [-0.2, -0.15) is 0 Å². The van der Waals surface area contributed by atoms with E-state index in [9.17, 15) is 25.5 Å². The zero-order valence-corrected chi connectivity index (χ0v) is 43.2. The number of ether oxygens (including phenoxy) is 6. The highest BCUT2D eigenvalue weighted by Crippen LogP contribution is 2.57. The lowest BCUT2D eigenvalue weighted by atomic mass is 9.66. The third-order valence-corrected chi connectivity index (χ3v) is 17.9. The van der Waals surface area contributed by atoms with Gasteiger partial charge in [-0.3, -0.25) is 10.6 Å². The van der Waals surface area contributed by atoms with Crippen LogP contribution in [0.2, 0.25) is 0 Å². The van der Waals surface area contributed by atoms with Gasteiger partial charge in [0.2, 0.25) is 0 Å². The van der Waals surface area contributed by atoms with E-state index in [1.807, 2.05) is 55.5 Å². The number of aliphatic hydroxyl groups excluding tert-OH is 2. The number of phenolic OH excluding ortho intramolecular Hbond substituents is 3. The third kappa shape index (κ3) is 9.44. The van der Waals surface area contributed by atoms with Crippen LogP contribution in [0.4, 0.5) is 0 Å². The summed E-state index contributed by atoms with van der Waals surface area (Å²) in [6, 6.07) is 22.2. The first-order valence-corrected chi connectivity index (χ1v) is 27.7. The maximum Gasteiger partial charge on any atom is 0.149 e. The summed E-state index contributed by atoms with van der Waals surface area (Å²) in [4.78, 5) is 0. The maximum absolute atomic E-state index is 13.4. The average Bonchev–Trinajstić information content (AvgIpc) is 4.12. The topological polar surface area (TPSA) is 181 Å². The Bertz CT molecular complexity index is 2990. The van der Waals surface area contributed by atoms with Crippen molar-refractivity contribution in [2.75, 3.05) is 33.5 Å². The first kappa shape index (κ1) is 50.1. The molecular formula is C62H72N2O11. The molecule has 9 atom stereocenters. The molecule has 13 nitrogen and oxygen atoms in total. The monoisotopic (exact) mass is 1020 g/mol. The van der Waals surface area contributed by atoms with Crippen LogP contribution in [0.1, 0.15) is 130 Å². The molecule has 1 saturated heterocycles. The quantitative estimate of drug-likeness (QED) is 0.0491. The van der Waals surface area contributed by atoms with Gasteiger partial charge in [-0.25, -0.2) is 0 Å². The Hall–Kier alpha value is -5.72. The molecular weight excluding hydrogens is 949 g/mol. The highest BCUT2D eigenvalue weighted by atomic mass is 16.5. The van der Waals surface area contributed by atoms with E-state index in [-0.39, 0.29) is 48.1 Å². The number of aryl methyl sites for hydroxylation is 1. The number of aromatic hydroxyl groups is 3. The van der Waals surface area contributed by atoms with E-state index in [0.717, 1.165) is 90.1 Å². The standard InChI is InChI=1S/C62H72N2O11/c1-3-36-28-47(37-11-8-13-41(65)26-37)38(29-52(36)68)25-39-27-45(73-44-14-4-5-15-44)32-49-57(69)51(35-72-58(39)49)56-53(16-10-23-70-2)74-59-46-18-17-42(66)30-48(46)54-33-50(59)60(56)75-55-31-43(67)19-22-62(55)40(12-9-24-71-54)34-63-61(64-62)20-6-7-21-61/h8,11,13,17-18,26-30,32-33,40,43-44,51,53,55-57,60,63-69H,3-7,10,14-16,19-25,31,34-35H2,1-2H3/t40-,43-,51+,53-,55+,56+,57+,60-,62+/m0/s1. The predicted octanol–water partition coefficient (Wildman–Crippen LogP) is 9.83. The Morgan fingerprint density at radius 1 is 0.813 bits per heavy atom. The van der Waals surface area contributed by atoms with E-state index in [2.05, 4.69) is 22.5 Å². The highest BCUT2D eigenvalue weighted by Gasteiger charge is 2.59. The van der Waals surface area contributed by atoms with Gasteiger partial charge in [-0.15, -0.1) is 0 Å². The molecule has 2 bridgehead atoms. The molecule has 0 unspecified atom stereocenters. The van der Waals surface area contributed by atoms with Crippen molar-refractivity contribution < 1.29 is 54.0 Å². The summed E-state index contributed by atoms with van der Waals surface area (Å²) in [5, 5.41) is 67.6. The van der Waals surface area contributed by atoms with E-state index in [0.29, 0.717) is 92.0 Å². The predicted molar refractivity (Wildman–Crippen MR) is 285 cm³/mol. The Balaban J connectivity index is 1.01. The second-order valence-corrected chi connectivity index (χ2v) is 22.5. The largest absolute Gasteiger partial charge is 0.508 e. The van der Waals surface area contributed by atoms with Gasteiger partial charge in [0.25, 0.3) is 0 Å². The van der Waals surface area contributed by atoms with Crippen LogP contribution >= 0.6 is 0 Å². The van der Waals surface area contributed by atoms with Gasteiger partial charge in [0.05, 0.1) is 54.2 Å². The van der Waals surface area contributed by atoms with Crippen LogP contribution in [0.5, 0.6) is 40.2 Å². The number of fused-ring (bicyclic) bond motifs is 5. The lowest BCUT2D eigenvalue weighted by Crippen LogP contribution is -2.77. The molecule has 0 amide bonds. The molecule has 3 saturated carbocycles. The van der Waals surface area contributed by atoms with E-state index in [1.165, 1.54) is 0 Å². The number of methoxy groups -OCH3 is 1. The van der Waals surface area contributed by atoms with Crippen molar-refractivity contribution in [3.63, 3.8) is 0 Å². The third-order valence-electron chi connectivity index (χ3n) is 17.9. The zero-order valence-electron chi connectivity index (χ0n) is 43.2. The van der Waals surface area contributed by atoms with Gasteiger partial charge in [-0.05, 0) is 154 Å². The number of rotatable bonds is 11. The first-order chi connectivity index (χ1) is 36.5. The molecule has 4 aliphatic heterocycles. The Labute approximate surface area is 439 Å². The highest BCUT2D eigenvalue weighted by molar-refractivity contribution is 5.96. The molecule has 13 heteroatoms. The summed E-state index contributed by atoms with van der Waals surface area (Å²) in [6.45, 7) is 3.44. The number of hydrogen-bond donors (Lipinski definition) is 7. The summed E-state index contributed by atoms with van der Waals surface area (Å²) in [5.41, 5.74) is 4.65. The maximum atomic E-state index is 13.4. The smallest absolute Gasteiger partial charge is 0.149 e. The lowest BCUT2D eigenvalue weighted by molar-refractivity contribution is -0.181. The van der Waals surface area contributed by atoms with Crippen LogP contribution in [0.15, 0.2) is 72.8 Å². The molecule has 7 N–H and O–H groups in total. The number of hydrogen-bond acceptors (Lipinski definition) is 13. The van der Waals surface area contributed by atoms with Crippen LogP contribution in [-0.2, 0) is 22.3 Å². The van der Waals surface area contributed by atoms with Crippen molar-refractivity contribution in [2.24, 2.45) is 17.8 Å². The van der Waals surface area contributed by atoms with Crippen LogP contribution < -0.4 is 29.6 Å². The summed E-state index contributed by atoms with van der Waals surface area (Å²) >= 11 is 0. The van der Waals surface area contributed by atoms with Crippen LogP contribution in [-0.4, -0.2) is 94.6 Å². The SMILES string of the molecule is CCc1cc(-c2cccc(O)c2)c(Cc2cc(OC3CCCC3)cc3c2OC[C@H]([C@@H]2[C@H](CCCOC)Oc4c5cc(c6cc(O)ccc46)OCC#C[C@H]4CNC6(CCCC6)N[C@]46CC[C@H](O)C[C@H]6O[C@@H]52)[C@@H]3O)cc1O.